The molecule has 1 fully saturated rings. The Balaban J connectivity index is 1.77. The van der Waals surface area contributed by atoms with Crippen molar-refractivity contribution in [3.05, 3.63) is 18.5 Å². The third-order valence-corrected chi connectivity index (χ3v) is 3.68. The summed E-state index contributed by atoms with van der Waals surface area (Å²) in [6, 6.07) is 2.16. The lowest BCUT2D eigenvalue weighted by Crippen LogP contribution is -2.48. The van der Waals surface area contributed by atoms with E-state index in [0.29, 0.717) is 6.42 Å². The van der Waals surface area contributed by atoms with E-state index in [2.05, 4.69) is 20.2 Å². The first-order valence-electron chi connectivity index (χ1n) is 7.72. The van der Waals surface area contributed by atoms with Crippen molar-refractivity contribution < 1.29 is 4.79 Å². The van der Waals surface area contributed by atoms with Crippen LogP contribution in [0.4, 0.5) is 5.95 Å². The Morgan fingerprint density at radius 3 is 3.00 bits per heavy atom. The van der Waals surface area contributed by atoms with E-state index in [9.17, 15) is 4.79 Å². The number of nitrogens with two attached hydrogens (primary N) is 1. The molecule has 2 rings (SSSR count). The number of hydrogen-bond acceptors (Lipinski definition) is 5. The second-order valence-electron chi connectivity index (χ2n) is 5.77. The van der Waals surface area contributed by atoms with Crippen LogP contribution >= 0.6 is 0 Å². The summed E-state index contributed by atoms with van der Waals surface area (Å²) in [7, 11) is 0. The molecular weight excluding hydrogens is 266 g/mol. The van der Waals surface area contributed by atoms with Crippen LogP contribution in [0.1, 0.15) is 39.0 Å². The standard InChI is InChI=1S/C15H25N5O/c1-12(16)5-2-7-14(21)19-13-6-3-10-20(11-13)15-17-8-4-9-18-15/h4,8-9,12-13H,2-3,5-7,10-11,16H2,1H3,(H,19,21). The van der Waals surface area contributed by atoms with Crippen molar-refractivity contribution in [2.45, 2.75) is 51.1 Å². The monoisotopic (exact) mass is 291 g/mol. The fraction of sp³-hybridized carbons (Fsp3) is 0.667. The van der Waals surface area contributed by atoms with Gasteiger partial charge in [-0.15, -0.1) is 0 Å². The number of piperidine rings is 1. The topological polar surface area (TPSA) is 84.1 Å². The summed E-state index contributed by atoms with van der Waals surface area (Å²) >= 11 is 0. The maximum Gasteiger partial charge on any atom is 0.225 e. The van der Waals surface area contributed by atoms with Crippen molar-refractivity contribution in [2.75, 3.05) is 18.0 Å². The minimum Gasteiger partial charge on any atom is -0.352 e. The molecule has 116 valence electrons. The van der Waals surface area contributed by atoms with Gasteiger partial charge in [-0.2, -0.15) is 0 Å². The zero-order valence-corrected chi connectivity index (χ0v) is 12.7. The predicted molar refractivity (Wildman–Crippen MR) is 82.9 cm³/mol. The molecule has 0 radical (unpaired) electrons. The first-order valence-corrected chi connectivity index (χ1v) is 7.72. The fourth-order valence-corrected chi connectivity index (χ4v) is 2.62. The lowest BCUT2D eigenvalue weighted by atomic mass is 10.1. The number of carbonyl (C=O) groups excluding carboxylic acids is 1. The van der Waals surface area contributed by atoms with Gasteiger partial charge in [0.1, 0.15) is 0 Å². The number of hydrogen-bond donors (Lipinski definition) is 2. The first-order chi connectivity index (χ1) is 10.1. The number of nitrogens with zero attached hydrogens (tertiary/aromatic N) is 3. The van der Waals surface area contributed by atoms with Crippen LogP contribution in [0.2, 0.25) is 0 Å². The van der Waals surface area contributed by atoms with Gasteiger partial charge in [-0.3, -0.25) is 4.79 Å². The van der Waals surface area contributed by atoms with Gasteiger partial charge in [0, 0.05) is 44.0 Å². The zero-order valence-electron chi connectivity index (χ0n) is 12.7. The Bertz CT molecular complexity index is 437. The van der Waals surface area contributed by atoms with Crippen molar-refractivity contribution in [1.29, 1.82) is 0 Å². The van der Waals surface area contributed by atoms with Crippen LogP contribution in [-0.2, 0) is 4.79 Å². The summed E-state index contributed by atoms with van der Waals surface area (Å²) in [4.78, 5) is 22.6. The Hall–Kier alpha value is -1.69. The number of carbonyl (C=O) groups is 1. The normalized spacial score (nSPS) is 20.1. The highest BCUT2D eigenvalue weighted by molar-refractivity contribution is 5.76. The molecule has 0 bridgehead atoms. The quantitative estimate of drug-likeness (QED) is 0.819. The highest BCUT2D eigenvalue weighted by Gasteiger charge is 2.22. The zero-order chi connectivity index (χ0) is 15.1. The molecule has 1 aromatic heterocycles. The molecule has 2 unspecified atom stereocenters. The van der Waals surface area contributed by atoms with Gasteiger partial charge < -0.3 is 16.0 Å². The molecule has 0 saturated carbocycles. The summed E-state index contributed by atoms with van der Waals surface area (Å²) in [5.41, 5.74) is 5.69. The van der Waals surface area contributed by atoms with Gasteiger partial charge in [0.15, 0.2) is 0 Å². The molecule has 1 amide bonds. The number of anilines is 1. The van der Waals surface area contributed by atoms with E-state index in [1.165, 1.54) is 0 Å². The third-order valence-electron chi connectivity index (χ3n) is 3.68. The van der Waals surface area contributed by atoms with Gasteiger partial charge in [-0.05, 0) is 38.7 Å². The van der Waals surface area contributed by atoms with Gasteiger partial charge in [-0.1, -0.05) is 0 Å². The van der Waals surface area contributed by atoms with E-state index >= 15 is 0 Å². The highest BCUT2D eigenvalue weighted by Crippen LogP contribution is 2.15. The summed E-state index contributed by atoms with van der Waals surface area (Å²) in [5.74, 6) is 0.866. The lowest BCUT2D eigenvalue weighted by Gasteiger charge is -2.33. The summed E-state index contributed by atoms with van der Waals surface area (Å²) in [6.07, 6.45) is 7.85. The molecule has 1 aromatic rings. The van der Waals surface area contributed by atoms with E-state index in [1.54, 1.807) is 12.4 Å². The van der Waals surface area contributed by atoms with Crippen LogP contribution < -0.4 is 16.0 Å². The van der Waals surface area contributed by atoms with Crippen LogP contribution in [0.25, 0.3) is 0 Å². The van der Waals surface area contributed by atoms with Gasteiger partial charge in [0.2, 0.25) is 11.9 Å². The van der Waals surface area contributed by atoms with E-state index < -0.39 is 0 Å². The van der Waals surface area contributed by atoms with Crippen LogP contribution in [0.3, 0.4) is 0 Å². The van der Waals surface area contributed by atoms with Gasteiger partial charge in [-0.25, -0.2) is 9.97 Å². The molecule has 2 heterocycles. The minimum absolute atomic E-state index is 0.122. The number of amides is 1. The molecule has 1 aliphatic rings. The maximum atomic E-state index is 11.9. The van der Waals surface area contributed by atoms with Crippen molar-refractivity contribution in [3.8, 4) is 0 Å². The van der Waals surface area contributed by atoms with Gasteiger partial charge in [0.05, 0.1) is 0 Å². The van der Waals surface area contributed by atoms with Crippen LogP contribution in [-0.4, -0.2) is 41.0 Å². The number of nitrogens with one attached hydrogen (secondary N) is 1. The maximum absolute atomic E-state index is 11.9. The summed E-state index contributed by atoms with van der Waals surface area (Å²) < 4.78 is 0. The third kappa shape index (κ3) is 5.30. The highest BCUT2D eigenvalue weighted by atomic mass is 16.1. The van der Waals surface area contributed by atoms with Crippen molar-refractivity contribution in [2.24, 2.45) is 5.73 Å². The average Bonchev–Trinajstić information content (AvgIpc) is 2.48. The number of rotatable bonds is 6. The molecule has 6 heteroatoms. The molecular formula is C15H25N5O. The van der Waals surface area contributed by atoms with Crippen LogP contribution in [0.5, 0.6) is 0 Å². The molecule has 3 N–H and O–H groups in total. The molecule has 0 aromatic carbocycles. The van der Waals surface area contributed by atoms with E-state index in [-0.39, 0.29) is 18.0 Å². The molecule has 1 saturated heterocycles. The molecule has 1 aliphatic heterocycles. The molecule has 6 nitrogen and oxygen atoms in total. The van der Waals surface area contributed by atoms with Crippen molar-refractivity contribution >= 4 is 11.9 Å². The second kappa shape index (κ2) is 7.93. The lowest BCUT2D eigenvalue weighted by molar-refractivity contribution is -0.122. The molecule has 0 aliphatic carbocycles. The number of aromatic nitrogens is 2. The van der Waals surface area contributed by atoms with Crippen LogP contribution in [0.15, 0.2) is 18.5 Å². The largest absolute Gasteiger partial charge is 0.352 e. The Labute approximate surface area is 126 Å². The van der Waals surface area contributed by atoms with E-state index in [1.807, 2.05) is 13.0 Å². The summed E-state index contributed by atoms with van der Waals surface area (Å²) in [6.45, 7) is 3.70. The Morgan fingerprint density at radius 1 is 1.52 bits per heavy atom. The van der Waals surface area contributed by atoms with E-state index in [4.69, 9.17) is 5.73 Å². The second-order valence-corrected chi connectivity index (χ2v) is 5.77. The minimum atomic E-state index is 0.122. The molecule has 21 heavy (non-hydrogen) atoms. The van der Waals surface area contributed by atoms with Crippen molar-refractivity contribution in [1.82, 2.24) is 15.3 Å². The fourth-order valence-electron chi connectivity index (χ4n) is 2.62. The summed E-state index contributed by atoms with van der Waals surface area (Å²) in [5, 5.41) is 3.12. The Morgan fingerprint density at radius 2 is 2.29 bits per heavy atom. The predicted octanol–water partition coefficient (Wildman–Crippen LogP) is 1.08. The van der Waals surface area contributed by atoms with Gasteiger partial charge in [0.25, 0.3) is 0 Å². The van der Waals surface area contributed by atoms with Gasteiger partial charge >= 0.3 is 0 Å². The average molecular weight is 291 g/mol. The van der Waals surface area contributed by atoms with Crippen molar-refractivity contribution in [3.63, 3.8) is 0 Å². The first kappa shape index (κ1) is 15.7. The van der Waals surface area contributed by atoms with Crippen LogP contribution in [0, 0.1) is 0 Å². The molecule has 2 atom stereocenters. The Kier molecular flexibility index (Phi) is 5.92. The smallest absolute Gasteiger partial charge is 0.225 e. The SMILES string of the molecule is CC(N)CCCC(=O)NC1CCCN(c2ncccn2)C1. The molecule has 0 spiro atoms. The van der Waals surface area contributed by atoms with E-state index in [0.717, 1.165) is 44.7 Å².